The molecule has 0 aliphatic heterocycles. The molecule has 0 bridgehead atoms. The molecule has 1 rings (SSSR count). The van der Waals surface area contributed by atoms with Crippen molar-refractivity contribution in [2.45, 2.75) is 26.7 Å². The van der Waals surface area contributed by atoms with Crippen molar-refractivity contribution in [1.82, 2.24) is 4.90 Å². The highest BCUT2D eigenvalue weighted by Crippen LogP contribution is 2.29. The topological polar surface area (TPSA) is 63.4 Å². The summed E-state index contributed by atoms with van der Waals surface area (Å²) in [7, 11) is 0. The minimum atomic E-state index is -0.362. The van der Waals surface area contributed by atoms with E-state index in [-0.39, 0.29) is 24.2 Å². The molecule has 1 fully saturated rings. The van der Waals surface area contributed by atoms with Crippen molar-refractivity contribution in [3.63, 3.8) is 0 Å². The van der Waals surface area contributed by atoms with Crippen molar-refractivity contribution < 1.29 is 9.59 Å². The van der Waals surface area contributed by atoms with E-state index in [0.717, 1.165) is 19.4 Å². The predicted molar refractivity (Wildman–Crippen MR) is 58.2 cm³/mol. The first kappa shape index (κ1) is 12.2. The highest BCUT2D eigenvalue weighted by Gasteiger charge is 2.30. The van der Waals surface area contributed by atoms with E-state index >= 15 is 0 Å². The summed E-state index contributed by atoms with van der Waals surface area (Å²) in [5.41, 5.74) is 5.14. The lowest BCUT2D eigenvalue weighted by Crippen LogP contribution is -2.39. The van der Waals surface area contributed by atoms with Crippen LogP contribution in [0.4, 0.5) is 0 Å². The molecular formula is C11H20N2O2. The Morgan fingerprint density at radius 1 is 1.33 bits per heavy atom. The Kier molecular flexibility index (Phi) is 4.27. The highest BCUT2D eigenvalue weighted by atomic mass is 16.1. The summed E-state index contributed by atoms with van der Waals surface area (Å²) in [6, 6.07) is 0. The van der Waals surface area contributed by atoms with Gasteiger partial charge in [0.05, 0.1) is 13.1 Å². The van der Waals surface area contributed by atoms with Gasteiger partial charge in [0.2, 0.25) is 5.91 Å². The van der Waals surface area contributed by atoms with Gasteiger partial charge in [-0.2, -0.15) is 0 Å². The summed E-state index contributed by atoms with van der Waals surface area (Å²) >= 11 is 0. The van der Waals surface area contributed by atoms with Gasteiger partial charge in [-0.05, 0) is 18.8 Å². The minimum Gasteiger partial charge on any atom is -0.369 e. The molecule has 4 nitrogen and oxygen atoms in total. The van der Waals surface area contributed by atoms with Gasteiger partial charge in [-0.15, -0.1) is 0 Å². The Bertz CT molecular complexity index is 247. The largest absolute Gasteiger partial charge is 0.369 e. The predicted octanol–water partition coefficient (Wildman–Crippen LogP) is 0.409. The van der Waals surface area contributed by atoms with E-state index in [1.165, 1.54) is 0 Å². The van der Waals surface area contributed by atoms with E-state index in [0.29, 0.717) is 12.5 Å². The van der Waals surface area contributed by atoms with E-state index in [2.05, 4.69) is 13.8 Å². The minimum absolute atomic E-state index is 0.191. The fourth-order valence-corrected chi connectivity index (χ4v) is 1.68. The molecule has 1 aliphatic carbocycles. The lowest BCUT2D eigenvalue weighted by molar-refractivity contribution is -0.123. The molecule has 0 unspecified atom stereocenters. The van der Waals surface area contributed by atoms with Crippen LogP contribution in [-0.4, -0.2) is 36.2 Å². The molecule has 2 N–H and O–H groups in total. The van der Waals surface area contributed by atoms with Crippen LogP contribution in [0.1, 0.15) is 26.7 Å². The van der Waals surface area contributed by atoms with Crippen LogP contribution in [0, 0.1) is 11.8 Å². The van der Waals surface area contributed by atoms with E-state index in [4.69, 9.17) is 5.73 Å². The average molecular weight is 212 g/mol. The summed E-state index contributed by atoms with van der Waals surface area (Å²) in [5, 5.41) is 0. The molecule has 0 radical (unpaired) electrons. The van der Waals surface area contributed by atoms with Crippen molar-refractivity contribution in [2.24, 2.45) is 17.6 Å². The van der Waals surface area contributed by atoms with Gasteiger partial charge in [-0.3, -0.25) is 14.5 Å². The molecule has 15 heavy (non-hydrogen) atoms. The molecule has 0 spiro atoms. The molecule has 0 saturated heterocycles. The van der Waals surface area contributed by atoms with Crippen molar-refractivity contribution in [3.05, 3.63) is 0 Å². The van der Waals surface area contributed by atoms with Gasteiger partial charge in [-0.1, -0.05) is 13.8 Å². The van der Waals surface area contributed by atoms with Crippen LogP contribution < -0.4 is 5.73 Å². The second kappa shape index (κ2) is 5.26. The molecule has 1 aliphatic rings. The van der Waals surface area contributed by atoms with Crippen LogP contribution in [-0.2, 0) is 9.59 Å². The number of hydrogen-bond acceptors (Lipinski definition) is 3. The molecule has 86 valence electrons. The normalized spacial score (nSPS) is 16.0. The number of Topliss-reactive ketones (excluding diaryl/α,β-unsaturated/α-hetero) is 1. The second-order valence-electron chi connectivity index (χ2n) is 4.77. The Morgan fingerprint density at radius 2 is 1.93 bits per heavy atom. The second-order valence-corrected chi connectivity index (χ2v) is 4.77. The van der Waals surface area contributed by atoms with Gasteiger partial charge >= 0.3 is 0 Å². The zero-order chi connectivity index (χ0) is 11.4. The summed E-state index contributed by atoms with van der Waals surface area (Å²) in [6.07, 6.45) is 2.04. The van der Waals surface area contributed by atoms with Gasteiger partial charge in [0.15, 0.2) is 0 Å². The zero-order valence-electron chi connectivity index (χ0n) is 9.53. The summed E-state index contributed by atoms with van der Waals surface area (Å²) in [4.78, 5) is 24.3. The number of rotatable bonds is 7. The monoisotopic (exact) mass is 212 g/mol. The van der Waals surface area contributed by atoms with Crippen molar-refractivity contribution in [1.29, 1.82) is 0 Å². The van der Waals surface area contributed by atoms with Crippen molar-refractivity contribution >= 4 is 11.7 Å². The Balaban J connectivity index is 2.39. The zero-order valence-corrected chi connectivity index (χ0v) is 9.53. The van der Waals surface area contributed by atoms with Crippen LogP contribution in [0.2, 0.25) is 0 Å². The summed E-state index contributed by atoms with van der Waals surface area (Å²) < 4.78 is 0. The molecule has 0 aromatic carbocycles. The fourth-order valence-electron chi connectivity index (χ4n) is 1.68. The first-order valence-electron chi connectivity index (χ1n) is 5.52. The van der Waals surface area contributed by atoms with Crippen molar-refractivity contribution in [2.75, 3.05) is 19.6 Å². The highest BCUT2D eigenvalue weighted by molar-refractivity contribution is 5.85. The van der Waals surface area contributed by atoms with Crippen LogP contribution >= 0.6 is 0 Å². The smallest absolute Gasteiger partial charge is 0.231 e. The number of carbonyl (C=O) groups excluding carboxylic acids is 2. The molecule has 0 heterocycles. The number of ketones is 1. The maximum Gasteiger partial charge on any atom is 0.231 e. The Labute approximate surface area is 90.8 Å². The van der Waals surface area contributed by atoms with Gasteiger partial charge in [0.25, 0.3) is 0 Å². The molecular weight excluding hydrogens is 192 g/mol. The molecule has 4 heteroatoms. The van der Waals surface area contributed by atoms with E-state index in [1.807, 2.05) is 4.90 Å². The van der Waals surface area contributed by atoms with Gasteiger partial charge in [0, 0.05) is 12.5 Å². The number of primary amides is 1. The standard InChI is InChI=1S/C11H20N2O2/c1-8(2)5-13(7-11(12)15)6-10(14)9-3-4-9/h8-9H,3-7H2,1-2H3,(H2,12,15). The molecule has 1 amide bonds. The van der Waals surface area contributed by atoms with Crippen molar-refractivity contribution in [3.8, 4) is 0 Å². The first-order valence-corrected chi connectivity index (χ1v) is 5.52. The third-order valence-electron chi connectivity index (χ3n) is 2.41. The molecule has 0 aromatic heterocycles. The van der Waals surface area contributed by atoms with Crippen LogP contribution in [0.15, 0.2) is 0 Å². The van der Waals surface area contributed by atoms with Crippen LogP contribution in [0.5, 0.6) is 0 Å². The third kappa shape index (κ3) is 4.93. The number of hydrogen-bond donors (Lipinski definition) is 1. The molecule has 1 saturated carbocycles. The Morgan fingerprint density at radius 3 is 2.33 bits per heavy atom. The molecule has 0 atom stereocenters. The van der Waals surface area contributed by atoms with Gasteiger partial charge < -0.3 is 5.73 Å². The lowest BCUT2D eigenvalue weighted by atomic mass is 10.2. The number of nitrogens with zero attached hydrogens (tertiary/aromatic N) is 1. The Hall–Kier alpha value is -0.900. The fraction of sp³-hybridized carbons (Fsp3) is 0.818. The van der Waals surface area contributed by atoms with Gasteiger partial charge in [-0.25, -0.2) is 0 Å². The number of amides is 1. The van der Waals surface area contributed by atoms with E-state index in [1.54, 1.807) is 0 Å². The summed E-state index contributed by atoms with van der Waals surface area (Å²) in [6.45, 7) is 5.45. The maximum atomic E-state index is 11.6. The quantitative estimate of drug-likeness (QED) is 0.664. The maximum absolute atomic E-state index is 11.6. The SMILES string of the molecule is CC(C)CN(CC(N)=O)CC(=O)C1CC1. The van der Waals surface area contributed by atoms with Crippen LogP contribution in [0.3, 0.4) is 0 Å². The van der Waals surface area contributed by atoms with Gasteiger partial charge in [0.1, 0.15) is 5.78 Å². The third-order valence-corrected chi connectivity index (χ3v) is 2.41. The first-order chi connectivity index (χ1) is 6.99. The van der Waals surface area contributed by atoms with Crippen LogP contribution in [0.25, 0.3) is 0 Å². The number of carbonyl (C=O) groups is 2. The van der Waals surface area contributed by atoms with E-state index in [9.17, 15) is 9.59 Å². The summed E-state index contributed by atoms with van der Waals surface area (Å²) in [5.74, 6) is 0.597. The number of nitrogens with two attached hydrogens (primary N) is 1. The molecule has 0 aromatic rings. The lowest BCUT2D eigenvalue weighted by Gasteiger charge is -2.21. The van der Waals surface area contributed by atoms with E-state index < -0.39 is 0 Å². The average Bonchev–Trinajstić information content (AvgIpc) is 2.81.